The van der Waals surface area contributed by atoms with Gasteiger partial charge in [0.2, 0.25) is 0 Å². The zero-order chi connectivity index (χ0) is 14.8. The largest absolute Gasteiger partial charge is 0.241 e. The molecule has 0 N–H and O–H groups in total. The highest BCUT2D eigenvalue weighted by atomic mass is 79.9. The summed E-state index contributed by atoms with van der Waals surface area (Å²) in [5, 5.41) is 4.33. The van der Waals surface area contributed by atoms with Crippen molar-refractivity contribution in [3.8, 4) is 0 Å². The Bertz CT molecular complexity index is 730. The fraction of sp³-hybridized carbons (Fsp3) is 0.278. The number of pyridine rings is 1. The molecule has 1 aromatic carbocycles. The van der Waals surface area contributed by atoms with Gasteiger partial charge >= 0.3 is 0 Å². The molecule has 0 aliphatic heterocycles. The summed E-state index contributed by atoms with van der Waals surface area (Å²) in [6.07, 6.45) is 4.96. The standard InChI is InChI=1S/C18H19BrN2/c1-13(12-15-5-7-16(19)8-6-15)14(2)17-4-3-11-21-18(17)9-10-20-21/h3-11,13-14H,12H2,1-2H3. The fourth-order valence-corrected chi connectivity index (χ4v) is 3.10. The van der Waals surface area contributed by atoms with Gasteiger partial charge in [-0.1, -0.05) is 48.0 Å². The highest BCUT2D eigenvalue weighted by Gasteiger charge is 2.17. The Morgan fingerprint density at radius 1 is 1.10 bits per heavy atom. The third-order valence-corrected chi connectivity index (χ3v) is 4.81. The van der Waals surface area contributed by atoms with E-state index < -0.39 is 0 Å². The molecule has 3 rings (SSSR count). The van der Waals surface area contributed by atoms with Gasteiger partial charge < -0.3 is 0 Å². The van der Waals surface area contributed by atoms with Crippen molar-refractivity contribution in [3.63, 3.8) is 0 Å². The summed E-state index contributed by atoms with van der Waals surface area (Å²) in [7, 11) is 0. The predicted molar refractivity (Wildman–Crippen MR) is 90.6 cm³/mol. The third-order valence-electron chi connectivity index (χ3n) is 4.28. The summed E-state index contributed by atoms with van der Waals surface area (Å²) in [5.74, 6) is 1.07. The molecule has 108 valence electrons. The van der Waals surface area contributed by atoms with Crippen LogP contribution in [0.25, 0.3) is 5.52 Å². The van der Waals surface area contributed by atoms with E-state index >= 15 is 0 Å². The van der Waals surface area contributed by atoms with Gasteiger partial charge in [-0.3, -0.25) is 0 Å². The molecular formula is C18H19BrN2. The monoisotopic (exact) mass is 342 g/mol. The molecule has 0 amide bonds. The normalized spacial score (nSPS) is 14.2. The Balaban J connectivity index is 1.82. The second-order valence-corrected chi connectivity index (χ2v) is 6.64. The first-order valence-corrected chi connectivity index (χ1v) is 8.11. The van der Waals surface area contributed by atoms with Crippen molar-refractivity contribution in [1.29, 1.82) is 0 Å². The summed E-state index contributed by atoms with van der Waals surface area (Å²) in [6.45, 7) is 4.64. The summed E-state index contributed by atoms with van der Waals surface area (Å²) in [4.78, 5) is 0. The lowest BCUT2D eigenvalue weighted by Gasteiger charge is -2.21. The Morgan fingerprint density at radius 2 is 1.86 bits per heavy atom. The minimum Gasteiger partial charge on any atom is -0.241 e. The lowest BCUT2D eigenvalue weighted by Crippen LogP contribution is -2.10. The van der Waals surface area contributed by atoms with E-state index in [-0.39, 0.29) is 0 Å². The van der Waals surface area contributed by atoms with Crippen LogP contribution in [0.1, 0.15) is 30.9 Å². The molecule has 2 aromatic heterocycles. The van der Waals surface area contributed by atoms with E-state index in [0.29, 0.717) is 11.8 Å². The molecule has 0 spiro atoms. The molecule has 0 bridgehead atoms. The number of fused-ring (bicyclic) bond motifs is 1. The smallest absolute Gasteiger partial charge is 0.0696 e. The van der Waals surface area contributed by atoms with Gasteiger partial charge in [-0.2, -0.15) is 5.10 Å². The van der Waals surface area contributed by atoms with E-state index in [1.807, 2.05) is 16.9 Å². The van der Waals surface area contributed by atoms with E-state index in [1.54, 1.807) is 0 Å². The van der Waals surface area contributed by atoms with Gasteiger partial charge in [0.15, 0.2) is 0 Å². The molecule has 0 saturated carbocycles. The molecule has 0 aliphatic rings. The molecule has 0 saturated heterocycles. The van der Waals surface area contributed by atoms with Crippen LogP contribution >= 0.6 is 15.9 Å². The van der Waals surface area contributed by atoms with Crippen molar-refractivity contribution in [1.82, 2.24) is 9.61 Å². The molecule has 2 nitrogen and oxygen atoms in total. The Hall–Kier alpha value is -1.61. The average Bonchev–Trinajstić information content (AvgIpc) is 2.97. The number of benzene rings is 1. The van der Waals surface area contributed by atoms with Crippen molar-refractivity contribution in [2.45, 2.75) is 26.2 Å². The van der Waals surface area contributed by atoms with Crippen LogP contribution in [0.2, 0.25) is 0 Å². The average molecular weight is 343 g/mol. The maximum absolute atomic E-state index is 4.33. The van der Waals surface area contributed by atoms with Crippen molar-refractivity contribution < 1.29 is 0 Å². The van der Waals surface area contributed by atoms with Crippen LogP contribution in [0.4, 0.5) is 0 Å². The molecule has 0 fully saturated rings. The van der Waals surface area contributed by atoms with Gasteiger partial charge in [0.1, 0.15) is 0 Å². The predicted octanol–water partition coefficient (Wildman–Crippen LogP) is 5.08. The van der Waals surface area contributed by atoms with E-state index in [9.17, 15) is 0 Å². The summed E-state index contributed by atoms with van der Waals surface area (Å²) in [5.41, 5.74) is 3.98. The van der Waals surface area contributed by atoms with Crippen molar-refractivity contribution in [3.05, 3.63) is 70.5 Å². The van der Waals surface area contributed by atoms with Crippen LogP contribution in [0.15, 0.2) is 59.3 Å². The van der Waals surface area contributed by atoms with Gasteiger partial charge in [0.05, 0.1) is 5.52 Å². The quantitative estimate of drug-likeness (QED) is 0.646. The van der Waals surface area contributed by atoms with E-state index in [0.717, 1.165) is 10.9 Å². The fourth-order valence-electron chi connectivity index (χ4n) is 2.84. The van der Waals surface area contributed by atoms with Gasteiger partial charge in [0.25, 0.3) is 0 Å². The summed E-state index contributed by atoms with van der Waals surface area (Å²) >= 11 is 3.49. The minimum atomic E-state index is 0.494. The van der Waals surface area contributed by atoms with Crippen LogP contribution < -0.4 is 0 Å². The van der Waals surface area contributed by atoms with Crippen molar-refractivity contribution in [2.75, 3.05) is 0 Å². The molecule has 2 unspecified atom stereocenters. The minimum absolute atomic E-state index is 0.494. The third kappa shape index (κ3) is 3.03. The lowest BCUT2D eigenvalue weighted by atomic mass is 9.84. The van der Waals surface area contributed by atoms with Gasteiger partial charge in [-0.15, -0.1) is 0 Å². The first-order valence-electron chi connectivity index (χ1n) is 7.32. The van der Waals surface area contributed by atoms with E-state index in [1.165, 1.54) is 16.6 Å². The van der Waals surface area contributed by atoms with Crippen molar-refractivity contribution >= 4 is 21.4 Å². The Labute approximate surface area is 133 Å². The molecule has 0 aliphatic carbocycles. The van der Waals surface area contributed by atoms with Gasteiger partial charge in [-0.05, 0) is 53.6 Å². The molecular weight excluding hydrogens is 324 g/mol. The Kier molecular flexibility index (Phi) is 4.11. The highest BCUT2D eigenvalue weighted by Crippen LogP contribution is 2.30. The highest BCUT2D eigenvalue weighted by molar-refractivity contribution is 9.10. The topological polar surface area (TPSA) is 17.3 Å². The maximum atomic E-state index is 4.33. The molecule has 0 radical (unpaired) electrons. The van der Waals surface area contributed by atoms with Crippen LogP contribution in [-0.2, 0) is 6.42 Å². The zero-order valence-corrected chi connectivity index (χ0v) is 13.9. The Morgan fingerprint density at radius 3 is 2.62 bits per heavy atom. The number of rotatable bonds is 4. The van der Waals surface area contributed by atoms with Gasteiger partial charge in [-0.25, -0.2) is 4.52 Å². The zero-order valence-electron chi connectivity index (χ0n) is 12.3. The SMILES string of the molecule is CC(Cc1ccc(Br)cc1)C(C)c1cccn2nccc12. The first-order chi connectivity index (χ1) is 10.1. The molecule has 2 heterocycles. The lowest BCUT2D eigenvalue weighted by molar-refractivity contribution is 0.486. The summed E-state index contributed by atoms with van der Waals surface area (Å²) < 4.78 is 3.09. The van der Waals surface area contributed by atoms with Crippen molar-refractivity contribution in [2.24, 2.45) is 5.92 Å². The molecule has 21 heavy (non-hydrogen) atoms. The van der Waals surface area contributed by atoms with Crippen LogP contribution in [0.5, 0.6) is 0 Å². The number of nitrogens with zero attached hydrogens (tertiary/aromatic N) is 2. The molecule has 3 aromatic rings. The number of hydrogen-bond donors (Lipinski definition) is 0. The van der Waals surface area contributed by atoms with E-state index in [2.05, 4.69) is 77.3 Å². The molecule has 3 heteroatoms. The van der Waals surface area contributed by atoms with Crippen LogP contribution in [0, 0.1) is 5.92 Å². The number of hydrogen-bond acceptors (Lipinski definition) is 1. The second-order valence-electron chi connectivity index (χ2n) is 5.72. The maximum Gasteiger partial charge on any atom is 0.0696 e. The second kappa shape index (κ2) is 6.02. The number of aromatic nitrogens is 2. The van der Waals surface area contributed by atoms with Crippen LogP contribution in [0.3, 0.4) is 0 Å². The molecule has 2 atom stereocenters. The first kappa shape index (κ1) is 14.3. The van der Waals surface area contributed by atoms with Crippen LogP contribution in [-0.4, -0.2) is 9.61 Å². The van der Waals surface area contributed by atoms with E-state index in [4.69, 9.17) is 0 Å². The number of halogens is 1. The van der Waals surface area contributed by atoms with Gasteiger partial charge in [0, 0.05) is 16.9 Å². The summed E-state index contributed by atoms with van der Waals surface area (Å²) in [6, 6.07) is 15.0.